The molecule has 0 heterocycles. The van der Waals surface area contributed by atoms with E-state index in [2.05, 4.69) is 86.8 Å². The molecule has 0 aromatic heterocycles. The molecular weight excluding hydrogens is 266 g/mol. The van der Waals surface area contributed by atoms with Crippen molar-refractivity contribution < 1.29 is 0 Å². The molecule has 0 unspecified atom stereocenters. The van der Waals surface area contributed by atoms with Crippen molar-refractivity contribution in [3.05, 3.63) is 77.9 Å². The van der Waals surface area contributed by atoms with Crippen molar-refractivity contribution >= 4 is 6.08 Å². The molecule has 2 aromatic carbocycles. The van der Waals surface area contributed by atoms with Crippen LogP contribution in [-0.4, -0.2) is 17.0 Å². The van der Waals surface area contributed by atoms with Gasteiger partial charge < -0.3 is 0 Å². The van der Waals surface area contributed by atoms with E-state index in [9.17, 15) is 0 Å². The van der Waals surface area contributed by atoms with Crippen LogP contribution in [0.15, 0.2) is 61.2 Å². The lowest BCUT2D eigenvalue weighted by Gasteiger charge is -2.36. The smallest absolute Gasteiger partial charge is 0.0239 e. The fourth-order valence-corrected chi connectivity index (χ4v) is 2.54. The zero-order chi connectivity index (χ0) is 16.0. The van der Waals surface area contributed by atoms with Gasteiger partial charge in [0.2, 0.25) is 0 Å². The van der Waals surface area contributed by atoms with E-state index in [0.717, 1.165) is 19.5 Å². The van der Waals surface area contributed by atoms with Gasteiger partial charge in [-0.2, -0.15) is 0 Å². The van der Waals surface area contributed by atoms with Crippen LogP contribution in [0.5, 0.6) is 0 Å². The fraction of sp³-hybridized carbons (Fsp3) is 0.333. The Hall–Kier alpha value is -1.86. The normalized spacial score (nSPS) is 11.6. The number of benzene rings is 2. The van der Waals surface area contributed by atoms with E-state index in [0.29, 0.717) is 0 Å². The Bertz CT molecular complexity index is 576. The summed E-state index contributed by atoms with van der Waals surface area (Å²) in [6, 6.07) is 19.4. The van der Waals surface area contributed by atoms with Crippen LogP contribution >= 0.6 is 0 Å². The first-order valence-corrected chi connectivity index (χ1v) is 7.99. The molecule has 0 aliphatic carbocycles. The highest BCUT2D eigenvalue weighted by atomic mass is 15.2. The quantitative estimate of drug-likeness (QED) is 0.710. The molecule has 1 heteroatoms. The van der Waals surface area contributed by atoms with Gasteiger partial charge in [0.1, 0.15) is 0 Å². The molecular formula is C21H27N. The summed E-state index contributed by atoms with van der Waals surface area (Å²) in [5, 5.41) is 0. The maximum atomic E-state index is 3.81. The molecule has 0 aliphatic heterocycles. The lowest BCUT2D eigenvalue weighted by atomic mass is 10.0. The van der Waals surface area contributed by atoms with Gasteiger partial charge in [0.15, 0.2) is 0 Å². The van der Waals surface area contributed by atoms with Crippen LogP contribution < -0.4 is 0 Å². The first-order chi connectivity index (χ1) is 10.5. The molecule has 2 rings (SSSR count). The molecule has 0 amide bonds. The van der Waals surface area contributed by atoms with Crippen molar-refractivity contribution in [2.24, 2.45) is 0 Å². The Morgan fingerprint density at radius 1 is 0.909 bits per heavy atom. The third-order valence-corrected chi connectivity index (χ3v) is 4.05. The molecule has 0 saturated heterocycles. The highest BCUT2D eigenvalue weighted by molar-refractivity contribution is 5.47. The van der Waals surface area contributed by atoms with E-state index in [1.807, 2.05) is 6.08 Å². The summed E-state index contributed by atoms with van der Waals surface area (Å²) in [5.74, 6) is 0. The third-order valence-electron chi connectivity index (χ3n) is 4.05. The van der Waals surface area contributed by atoms with Crippen LogP contribution in [0, 0.1) is 0 Å². The van der Waals surface area contributed by atoms with Gasteiger partial charge >= 0.3 is 0 Å². The lowest BCUT2D eigenvalue weighted by molar-refractivity contribution is 0.129. The minimum absolute atomic E-state index is 0.164. The summed E-state index contributed by atoms with van der Waals surface area (Å²) in [5.41, 5.74) is 4.10. The van der Waals surface area contributed by atoms with Gasteiger partial charge in [0, 0.05) is 18.6 Å². The van der Waals surface area contributed by atoms with Gasteiger partial charge in [-0.15, -0.1) is 0 Å². The standard InChI is InChI=1S/C21H27N/c1-5-18-11-13-19(14-12-18)15-16-22(21(2,3)4)17-20-9-7-6-8-10-20/h5-14H,1,15-17H2,2-4H3. The summed E-state index contributed by atoms with van der Waals surface area (Å²) < 4.78 is 0. The Labute approximate surface area is 135 Å². The van der Waals surface area contributed by atoms with Crippen molar-refractivity contribution in [2.45, 2.75) is 39.3 Å². The molecule has 0 spiro atoms. The largest absolute Gasteiger partial charge is 0.294 e. The Balaban J connectivity index is 2.02. The minimum Gasteiger partial charge on any atom is -0.294 e. The van der Waals surface area contributed by atoms with Gasteiger partial charge in [-0.3, -0.25) is 4.90 Å². The molecule has 0 saturated carbocycles. The monoisotopic (exact) mass is 293 g/mol. The maximum absolute atomic E-state index is 3.81. The van der Waals surface area contributed by atoms with Crippen molar-refractivity contribution in [1.29, 1.82) is 0 Å². The van der Waals surface area contributed by atoms with Crippen molar-refractivity contribution in [3.63, 3.8) is 0 Å². The molecule has 1 nitrogen and oxygen atoms in total. The molecule has 0 radical (unpaired) electrons. The zero-order valence-electron chi connectivity index (χ0n) is 14.0. The van der Waals surface area contributed by atoms with E-state index in [4.69, 9.17) is 0 Å². The van der Waals surface area contributed by atoms with Crippen LogP contribution in [-0.2, 0) is 13.0 Å². The van der Waals surface area contributed by atoms with E-state index in [-0.39, 0.29) is 5.54 Å². The number of hydrogen-bond donors (Lipinski definition) is 0. The highest BCUT2D eigenvalue weighted by Gasteiger charge is 2.20. The Morgan fingerprint density at radius 3 is 2.09 bits per heavy atom. The molecule has 0 N–H and O–H groups in total. The van der Waals surface area contributed by atoms with E-state index >= 15 is 0 Å². The summed E-state index contributed by atoms with van der Waals surface area (Å²) >= 11 is 0. The SMILES string of the molecule is C=Cc1ccc(CCN(Cc2ccccc2)C(C)(C)C)cc1. The van der Waals surface area contributed by atoms with Crippen molar-refractivity contribution in [2.75, 3.05) is 6.54 Å². The van der Waals surface area contributed by atoms with E-state index in [1.165, 1.54) is 16.7 Å². The summed E-state index contributed by atoms with van der Waals surface area (Å²) in [4.78, 5) is 2.55. The van der Waals surface area contributed by atoms with Crippen molar-refractivity contribution in [1.82, 2.24) is 4.90 Å². The van der Waals surface area contributed by atoms with Crippen LogP contribution in [0.1, 0.15) is 37.5 Å². The zero-order valence-corrected chi connectivity index (χ0v) is 14.0. The van der Waals surface area contributed by atoms with Crippen LogP contribution in [0.2, 0.25) is 0 Å². The molecule has 0 atom stereocenters. The van der Waals surface area contributed by atoms with Crippen molar-refractivity contribution in [3.8, 4) is 0 Å². The number of hydrogen-bond acceptors (Lipinski definition) is 1. The first kappa shape index (κ1) is 16.5. The number of nitrogens with zero attached hydrogens (tertiary/aromatic N) is 1. The number of rotatable bonds is 6. The van der Waals surface area contributed by atoms with Gasteiger partial charge in [0.25, 0.3) is 0 Å². The van der Waals surface area contributed by atoms with E-state index < -0.39 is 0 Å². The van der Waals surface area contributed by atoms with Gasteiger partial charge in [-0.1, -0.05) is 67.3 Å². The molecule has 116 valence electrons. The molecule has 22 heavy (non-hydrogen) atoms. The maximum Gasteiger partial charge on any atom is 0.0239 e. The average molecular weight is 293 g/mol. The van der Waals surface area contributed by atoms with Crippen LogP contribution in [0.25, 0.3) is 6.08 Å². The predicted molar refractivity (Wildman–Crippen MR) is 96.8 cm³/mol. The fourth-order valence-electron chi connectivity index (χ4n) is 2.54. The van der Waals surface area contributed by atoms with Crippen LogP contribution in [0.3, 0.4) is 0 Å². The predicted octanol–water partition coefficient (Wildman–Crippen LogP) is 5.17. The lowest BCUT2D eigenvalue weighted by Crippen LogP contribution is -2.42. The first-order valence-electron chi connectivity index (χ1n) is 7.99. The highest BCUT2D eigenvalue weighted by Crippen LogP contribution is 2.18. The molecule has 0 aliphatic rings. The topological polar surface area (TPSA) is 3.24 Å². The van der Waals surface area contributed by atoms with Gasteiger partial charge in [-0.25, -0.2) is 0 Å². The second-order valence-corrected chi connectivity index (χ2v) is 6.77. The molecule has 0 fully saturated rings. The molecule has 2 aromatic rings. The average Bonchev–Trinajstić information content (AvgIpc) is 2.52. The third kappa shape index (κ3) is 4.85. The second-order valence-electron chi connectivity index (χ2n) is 6.77. The second kappa shape index (κ2) is 7.42. The summed E-state index contributed by atoms with van der Waals surface area (Å²) in [7, 11) is 0. The summed E-state index contributed by atoms with van der Waals surface area (Å²) in [6.07, 6.45) is 2.96. The Kier molecular flexibility index (Phi) is 5.57. The minimum atomic E-state index is 0.164. The molecule has 0 bridgehead atoms. The Morgan fingerprint density at radius 2 is 1.55 bits per heavy atom. The van der Waals surface area contributed by atoms with Gasteiger partial charge in [0.05, 0.1) is 0 Å². The van der Waals surface area contributed by atoms with Gasteiger partial charge in [-0.05, 0) is 43.9 Å². The van der Waals surface area contributed by atoms with E-state index in [1.54, 1.807) is 0 Å². The summed E-state index contributed by atoms with van der Waals surface area (Å²) in [6.45, 7) is 12.7. The van der Waals surface area contributed by atoms with Crippen LogP contribution in [0.4, 0.5) is 0 Å².